The first-order valence-corrected chi connectivity index (χ1v) is 7.30. The van der Waals surface area contributed by atoms with E-state index in [1.54, 1.807) is 0 Å². The fourth-order valence-electron chi connectivity index (χ4n) is 3.28. The minimum absolute atomic E-state index is 0.105. The van der Waals surface area contributed by atoms with E-state index in [1.807, 2.05) is 12.1 Å². The van der Waals surface area contributed by atoms with Crippen molar-refractivity contribution >= 4 is 17.4 Å². The third-order valence-electron chi connectivity index (χ3n) is 4.53. The molecule has 2 fully saturated rings. The maximum absolute atomic E-state index is 9.27. The average Bonchev–Trinajstić information content (AvgIpc) is 2.64. The molecule has 0 aromatic carbocycles. The van der Waals surface area contributed by atoms with Gasteiger partial charge in [0.1, 0.15) is 5.82 Å². The first-order chi connectivity index (χ1) is 9.19. The Morgan fingerprint density at radius 3 is 2.89 bits per heavy atom. The molecule has 104 valence electrons. The van der Waals surface area contributed by atoms with Gasteiger partial charge < -0.3 is 10.0 Å². The summed E-state index contributed by atoms with van der Waals surface area (Å²) in [6.07, 6.45) is 3.79. The SMILES string of the molecule is CN1C2CCC1CN(c1ccc(Cl)c(CO)n1)CC2. The van der Waals surface area contributed by atoms with Gasteiger partial charge >= 0.3 is 0 Å². The highest BCUT2D eigenvalue weighted by Crippen LogP contribution is 2.30. The molecule has 0 saturated carbocycles. The van der Waals surface area contributed by atoms with Crippen molar-refractivity contribution in [2.24, 2.45) is 0 Å². The van der Waals surface area contributed by atoms with Gasteiger partial charge in [-0.25, -0.2) is 4.98 Å². The van der Waals surface area contributed by atoms with Gasteiger partial charge in [-0.05, 0) is 38.4 Å². The molecule has 4 nitrogen and oxygen atoms in total. The molecule has 2 bridgehead atoms. The zero-order valence-electron chi connectivity index (χ0n) is 11.2. The fourth-order valence-corrected chi connectivity index (χ4v) is 3.44. The highest BCUT2D eigenvalue weighted by molar-refractivity contribution is 6.31. The number of aliphatic hydroxyl groups excluding tert-OH is 1. The molecule has 0 radical (unpaired) electrons. The fraction of sp³-hybridized carbons (Fsp3) is 0.643. The molecule has 3 heterocycles. The van der Waals surface area contributed by atoms with Crippen LogP contribution in [0.3, 0.4) is 0 Å². The molecule has 1 aromatic rings. The predicted molar refractivity (Wildman–Crippen MR) is 76.6 cm³/mol. The number of aromatic nitrogens is 1. The van der Waals surface area contributed by atoms with Crippen LogP contribution >= 0.6 is 11.6 Å². The molecule has 1 aromatic heterocycles. The number of hydrogen-bond acceptors (Lipinski definition) is 4. The van der Waals surface area contributed by atoms with Crippen LogP contribution in [0.4, 0.5) is 5.82 Å². The Balaban J connectivity index is 1.82. The predicted octanol–water partition coefficient (Wildman–Crippen LogP) is 1.90. The van der Waals surface area contributed by atoms with Crippen LogP contribution in [0.15, 0.2) is 12.1 Å². The summed E-state index contributed by atoms with van der Waals surface area (Å²) < 4.78 is 0. The molecule has 5 heteroatoms. The monoisotopic (exact) mass is 281 g/mol. The standard InChI is InChI=1S/C14H20ClN3O/c1-17-10-2-3-11(17)8-18(7-6-10)14-5-4-12(15)13(9-19)16-14/h4-5,10-11,19H,2-3,6-9H2,1H3. The Morgan fingerprint density at radius 2 is 2.11 bits per heavy atom. The summed E-state index contributed by atoms with van der Waals surface area (Å²) in [5.41, 5.74) is 0.571. The number of hydrogen-bond donors (Lipinski definition) is 1. The van der Waals surface area contributed by atoms with Crippen LogP contribution in [-0.4, -0.2) is 47.2 Å². The summed E-state index contributed by atoms with van der Waals surface area (Å²) in [6, 6.07) is 5.14. The van der Waals surface area contributed by atoms with E-state index in [-0.39, 0.29) is 6.61 Å². The van der Waals surface area contributed by atoms with Crippen molar-refractivity contribution < 1.29 is 5.11 Å². The van der Waals surface area contributed by atoms with Crippen LogP contribution in [-0.2, 0) is 6.61 Å². The van der Waals surface area contributed by atoms with Crippen LogP contribution in [0, 0.1) is 0 Å². The van der Waals surface area contributed by atoms with Crippen LogP contribution in [0.5, 0.6) is 0 Å². The van der Waals surface area contributed by atoms with E-state index in [2.05, 4.69) is 21.8 Å². The van der Waals surface area contributed by atoms with Crippen LogP contribution in [0.2, 0.25) is 5.02 Å². The van der Waals surface area contributed by atoms with Crippen molar-refractivity contribution in [2.45, 2.75) is 38.0 Å². The molecule has 0 spiro atoms. The van der Waals surface area contributed by atoms with Crippen LogP contribution in [0.25, 0.3) is 0 Å². The molecule has 3 rings (SSSR count). The van der Waals surface area contributed by atoms with E-state index in [0.29, 0.717) is 16.8 Å². The lowest BCUT2D eigenvalue weighted by atomic mass is 10.1. The van der Waals surface area contributed by atoms with Gasteiger partial charge in [0.15, 0.2) is 0 Å². The minimum Gasteiger partial charge on any atom is -0.390 e. The summed E-state index contributed by atoms with van der Waals surface area (Å²) in [7, 11) is 2.24. The van der Waals surface area contributed by atoms with Crippen molar-refractivity contribution in [3.63, 3.8) is 0 Å². The second kappa shape index (κ2) is 5.27. The summed E-state index contributed by atoms with van der Waals surface area (Å²) in [5.74, 6) is 0.939. The van der Waals surface area contributed by atoms with E-state index in [0.717, 1.165) is 24.9 Å². The quantitative estimate of drug-likeness (QED) is 0.899. The van der Waals surface area contributed by atoms with Gasteiger partial charge in [-0.3, -0.25) is 4.90 Å². The van der Waals surface area contributed by atoms with Gasteiger partial charge in [0, 0.05) is 25.2 Å². The van der Waals surface area contributed by atoms with E-state index in [1.165, 1.54) is 19.3 Å². The maximum Gasteiger partial charge on any atom is 0.129 e. The lowest BCUT2D eigenvalue weighted by molar-refractivity contribution is 0.254. The van der Waals surface area contributed by atoms with E-state index in [4.69, 9.17) is 11.6 Å². The number of nitrogens with zero attached hydrogens (tertiary/aromatic N) is 3. The number of aliphatic hydroxyl groups is 1. The minimum atomic E-state index is -0.105. The van der Waals surface area contributed by atoms with Crippen molar-refractivity contribution in [1.29, 1.82) is 0 Å². The first kappa shape index (κ1) is 13.2. The van der Waals surface area contributed by atoms with Gasteiger partial charge in [0.25, 0.3) is 0 Å². The maximum atomic E-state index is 9.27. The Labute approximate surface area is 119 Å². The normalized spacial score (nSPS) is 27.6. The number of rotatable bonds is 2. The molecule has 19 heavy (non-hydrogen) atoms. The number of likely N-dealkylation sites (N-methyl/N-ethyl adjacent to an activating group) is 1. The van der Waals surface area contributed by atoms with Crippen molar-refractivity contribution in [3.05, 3.63) is 22.8 Å². The summed E-state index contributed by atoms with van der Waals surface area (Å²) in [4.78, 5) is 9.34. The van der Waals surface area contributed by atoms with Gasteiger partial charge in [-0.15, -0.1) is 0 Å². The van der Waals surface area contributed by atoms with Crippen LogP contribution in [0.1, 0.15) is 25.0 Å². The Bertz CT molecular complexity index is 468. The topological polar surface area (TPSA) is 39.6 Å². The second-order valence-corrected chi connectivity index (χ2v) is 5.95. The Morgan fingerprint density at radius 1 is 1.32 bits per heavy atom. The molecule has 0 aliphatic carbocycles. The molecule has 1 N–H and O–H groups in total. The lowest BCUT2D eigenvalue weighted by Gasteiger charge is -2.27. The zero-order valence-corrected chi connectivity index (χ0v) is 12.0. The van der Waals surface area contributed by atoms with Crippen molar-refractivity contribution in [3.8, 4) is 0 Å². The summed E-state index contributed by atoms with van der Waals surface area (Å²) >= 11 is 6.00. The summed E-state index contributed by atoms with van der Waals surface area (Å²) in [6.45, 7) is 1.95. The van der Waals surface area contributed by atoms with E-state index < -0.39 is 0 Å². The summed E-state index contributed by atoms with van der Waals surface area (Å²) in [5, 5.41) is 9.81. The lowest BCUT2D eigenvalue weighted by Crippen LogP contribution is -2.37. The van der Waals surface area contributed by atoms with E-state index in [9.17, 15) is 5.11 Å². The van der Waals surface area contributed by atoms with Crippen LogP contribution < -0.4 is 4.90 Å². The molecule has 2 atom stereocenters. The molecular formula is C14H20ClN3O. The number of fused-ring (bicyclic) bond motifs is 2. The van der Waals surface area contributed by atoms with Crippen molar-refractivity contribution in [2.75, 3.05) is 25.0 Å². The third kappa shape index (κ3) is 2.45. The highest BCUT2D eigenvalue weighted by atomic mass is 35.5. The van der Waals surface area contributed by atoms with Gasteiger partial charge in [-0.2, -0.15) is 0 Å². The van der Waals surface area contributed by atoms with E-state index >= 15 is 0 Å². The molecule has 2 aliphatic rings. The zero-order chi connectivity index (χ0) is 13.4. The number of pyridine rings is 1. The smallest absolute Gasteiger partial charge is 0.129 e. The molecule has 2 unspecified atom stereocenters. The Kier molecular flexibility index (Phi) is 3.65. The van der Waals surface area contributed by atoms with Crippen molar-refractivity contribution in [1.82, 2.24) is 9.88 Å². The Hall–Kier alpha value is -0.840. The molecular weight excluding hydrogens is 262 g/mol. The number of anilines is 1. The first-order valence-electron chi connectivity index (χ1n) is 6.92. The molecule has 2 saturated heterocycles. The molecule has 0 amide bonds. The van der Waals surface area contributed by atoms with Gasteiger partial charge in [-0.1, -0.05) is 11.6 Å². The highest BCUT2D eigenvalue weighted by Gasteiger charge is 2.34. The average molecular weight is 282 g/mol. The third-order valence-corrected chi connectivity index (χ3v) is 4.87. The van der Waals surface area contributed by atoms with Gasteiger partial charge in [0.2, 0.25) is 0 Å². The van der Waals surface area contributed by atoms with Gasteiger partial charge in [0.05, 0.1) is 17.3 Å². The number of halogens is 1. The molecule has 2 aliphatic heterocycles. The second-order valence-electron chi connectivity index (χ2n) is 5.54. The largest absolute Gasteiger partial charge is 0.390 e.